The van der Waals surface area contributed by atoms with Gasteiger partial charge < -0.3 is 0 Å². The van der Waals surface area contributed by atoms with Gasteiger partial charge in [-0.1, -0.05) is 0 Å². The summed E-state index contributed by atoms with van der Waals surface area (Å²) in [6.07, 6.45) is 9.55. The summed E-state index contributed by atoms with van der Waals surface area (Å²) >= 11 is -2.99. The number of hydrogen-bond donors (Lipinski definition) is 0. The zero-order valence-corrected chi connectivity index (χ0v) is 19.7. The molecule has 0 radical (unpaired) electrons. The smallest absolute Gasteiger partial charge is 0.147 e. The molecule has 0 aromatic heterocycles. The molecule has 0 amide bonds. The van der Waals surface area contributed by atoms with Crippen molar-refractivity contribution in [2.45, 2.75) is 43.4 Å². The van der Waals surface area contributed by atoms with Gasteiger partial charge in [-0.25, -0.2) is 0 Å². The van der Waals surface area contributed by atoms with Crippen molar-refractivity contribution in [3.63, 3.8) is 0 Å². The van der Waals surface area contributed by atoms with Crippen molar-refractivity contribution >= 4 is 31.7 Å². The molecular weight excluding hydrogens is 394 g/mol. The number of allylic oxidation sites excluding steroid dienone is 8. The third-order valence-electron chi connectivity index (χ3n) is 5.56. The molecule has 4 heteroatoms. The third kappa shape index (κ3) is 3.30. The Labute approximate surface area is 145 Å². The number of hydrogen-bond acceptors (Lipinski definition) is 0. The first kappa shape index (κ1) is 21.6. The summed E-state index contributed by atoms with van der Waals surface area (Å²) in [6.45, 7) is 14.3. The predicted octanol–water partition coefficient (Wildman–Crippen LogP) is 5.51. The van der Waals surface area contributed by atoms with Crippen LogP contribution < -0.4 is 0 Å². The predicted molar refractivity (Wildman–Crippen MR) is 101 cm³/mol. The zero-order valence-electron chi connectivity index (χ0n) is 14.2. The van der Waals surface area contributed by atoms with Gasteiger partial charge in [0.2, 0.25) is 0 Å². The Kier molecular flexibility index (Phi) is 7.25. The van der Waals surface area contributed by atoms with Crippen molar-refractivity contribution in [3.8, 4) is 0 Å². The van der Waals surface area contributed by atoms with Crippen LogP contribution in [-0.2, 0) is 17.4 Å². The third-order valence-corrected chi connectivity index (χ3v) is 29.6. The Morgan fingerprint density at radius 3 is 1.48 bits per heavy atom. The monoisotopic (exact) mass is 422 g/mol. The average molecular weight is 425 g/mol. The van der Waals surface area contributed by atoms with Crippen molar-refractivity contribution in [1.29, 1.82) is 0 Å². The first-order valence-corrected chi connectivity index (χ1v) is 20.1. The summed E-state index contributed by atoms with van der Waals surface area (Å²) in [5.74, 6) is 1.31. The van der Waals surface area contributed by atoms with Crippen LogP contribution >= 0.6 is 24.8 Å². The molecule has 0 aromatic carbocycles. The van der Waals surface area contributed by atoms with Gasteiger partial charge in [0, 0.05) is 0 Å². The minimum absolute atomic E-state index is 0. The van der Waals surface area contributed by atoms with Crippen molar-refractivity contribution in [2.75, 3.05) is 0 Å². The molecule has 2 unspecified atom stereocenters. The van der Waals surface area contributed by atoms with E-state index in [1.165, 1.54) is 4.13 Å². The van der Waals surface area contributed by atoms with Crippen LogP contribution in [0.4, 0.5) is 0 Å². The second kappa shape index (κ2) is 7.04. The summed E-state index contributed by atoms with van der Waals surface area (Å²) in [4.78, 5) is 0. The van der Waals surface area contributed by atoms with Crippen molar-refractivity contribution < 1.29 is 17.4 Å². The van der Waals surface area contributed by atoms with Crippen LogP contribution in [0.3, 0.4) is 0 Å². The molecule has 0 bridgehead atoms. The first-order valence-electron chi connectivity index (χ1n) is 7.56. The van der Waals surface area contributed by atoms with Crippen molar-refractivity contribution in [1.82, 2.24) is 0 Å². The number of halogens is 2. The van der Waals surface area contributed by atoms with Gasteiger partial charge >= 0.3 is 122 Å². The van der Waals surface area contributed by atoms with E-state index in [9.17, 15) is 0 Å². The largest absolute Gasteiger partial charge is 0.147 e. The fourth-order valence-electron chi connectivity index (χ4n) is 4.67. The van der Waals surface area contributed by atoms with Gasteiger partial charge in [0.05, 0.1) is 0 Å². The Balaban J connectivity index is 0.00000200. The van der Waals surface area contributed by atoms with Crippen LogP contribution in [0, 0.1) is 11.8 Å². The summed E-state index contributed by atoms with van der Waals surface area (Å²) in [5.41, 5.74) is 3.13. The van der Waals surface area contributed by atoms with E-state index in [1.807, 2.05) is 6.56 Å². The summed E-state index contributed by atoms with van der Waals surface area (Å²) in [7, 11) is 0. The van der Waals surface area contributed by atoms with Crippen LogP contribution in [0.2, 0.25) is 8.76 Å². The fourth-order valence-corrected chi connectivity index (χ4v) is 27.4. The minimum Gasteiger partial charge on any atom is -0.147 e. The summed E-state index contributed by atoms with van der Waals surface area (Å²) < 4.78 is 7.74. The zero-order chi connectivity index (χ0) is 14.4. The Morgan fingerprint density at radius 2 is 1.29 bits per heavy atom. The second-order valence-electron chi connectivity index (χ2n) is 7.13. The van der Waals surface area contributed by atoms with E-state index in [1.54, 1.807) is 11.1 Å². The molecule has 2 rings (SSSR count). The van der Waals surface area contributed by atoms with Gasteiger partial charge in [0.25, 0.3) is 0 Å². The molecule has 120 valence electrons. The van der Waals surface area contributed by atoms with Crippen LogP contribution in [-0.4, -0.2) is 6.88 Å². The van der Waals surface area contributed by atoms with Crippen molar-refractivity contribution in [3.05, 3.63) is 42.0 Å². The Morgan fingerprint density at radius 1 is 0.952 bits per heavy atom. The van der Waals surface area contributed by atoms with E-state index in [-0.39, 0.29) is 24.8 Å². The minimum atomic E-state index is -2.99. The van der Waals surface area contributed by atoms with Gasteiger partial charge in [-0.05, 0) is 0 Å². The number of rotatable bonds is 3. The quantitative estimate of drug-likeness (QED) is 0.524. The Hall–Kier alpha value is 0.640. The fraction of sp³-hybridized carbons (Fsp3) is 0.529. The van der Waals surface area contributed by atoms with E-state index < -0.39 is 17.4 Å². The van der Waals surface area contributed by atoms with E-state index in [2.05, 4.69) is 70.4 Å². The molecule has 0 saturated heterocycles. The van der Waals surface area contributed by atoms with Gasteiger partial charge in [-0.2, -0.15) is 0 Å². The van der Waals surface area contributed by atoms with Crippen molar-refractivity contribution in [2.24, 2.45) is 11.8 Å². The molecule has 21 heavy (non-hydrogen) atoms. The molecular formula is C17H30Cl2SiZr. The second-order valence-corrected chi connectivity index (χ2v) is 34.1. The van der Waals surface area contributed by atoms with Crippen LogP contribution in [0.5, 0.6) is 0 Å². The van der Waals surface area contributed by atoms with Gasteiger partial charge in [0.15, 0.2) is 0 Å². The maximum Gasteiger partial charge on any atom is -0.147 e. The molecule has 0 aliphatic heterocycles. The van der Waals surface area contributed by atoms with E-state index in [4.69, 9.17) is 0 Å². The van der Waals surface area contributed by atoms with E-state index in [0.29, 0.717) is 11.8 Å². The molecule has 0 saturated carbocycles. The molecule has 0 spiro atoms. The van der Waals surface area contributed by atoms with Crippen LogP contribution in [0.15, 0.2) is 42.0 Å². The Bertz CT molecular complexity index is 564. The standard InChI is InChI=1S/2C7H9.C2H5.CH3.2ClH.H2Si.Zr/c2*1-6-3-4-7(2)5-6;1-2;;;;;/h2*3-4,6H,1-2H3;1H2,2H3;1H3;2*1H;1H2;. The van der Waals surface area contributed by atoms with Crippen LogP contribution in [0.25, 0.3) is 0 Å². The molecule has 0 fully saturated rings. The topological polar surface area (TPSA) is 0 Å². The molecule has 2 aliphatic rings. The van der Waals surface area contributed by atoms with Gasteiger partial charge in [0.1, 0.15) is 0 Å². The maximum absolute atomic E-state index is 2.99. The molecule has 0 heterocycles. The summed E-state index contributed by atoms with van der Waals surface area (Å²) in [6, 6.07) is 0. The van der Waals surface area contributed by atoms with Gasteiger partial charge in [-0.15, -0.1) is 24.8 Å². The molecule has 2 atom stereocenters. The van der Waals surface area contributed by atoms with E-state index in [0.717, 1.165) is 0 Å². The van der Waals surface area contributed by atoms with Crippen LogP contribution in [0.1, 0.15) is 34.6 Å². The average Bonchev–Trinajstić information content (AvgIpc) is 2.84. The molecule has 2 aliphatic carbocycles. The molecule has 0 aromatic rings. The summed E-state index contributed by atoms with van der Waals surface area (Å²) in [5, 5.41) is 0. The first-order chi connectivity index (χ1) is 8.71. The maximum atomic E-state index is 2.68. The van der Waals surface area contributed by atoms with Gasteiger partial charge in [-0.3, -0.25) is 0 Å². The SMILES string of the molecule is C[CH2][Zr]([CH3])(=[SiH2])([C]1=C(C)C=CC1C)[C]1=C(C)C=CC1C.Cl.Cl. The molecule has 0 N–H and O–H groups in total. The van der Waals surface area contributed by atoms with E-state index >= 15 is 0 Å². The molecule has 0 nitrogen and oxygen atoms in total. The normalized spacial score (nSPS) is 25.3.